The van der Waals surface area contributed by atoms with Gasteiger partial charge in [0.1, 0.15) is 6.10 Å². The van der Waals surface area contributed by atoms with Crippen molar-refractivity contribution >= 4 is 6.09 Å². The molecule has 2 rings (SSSR count). The van der Waals surface area contributed by atoms with Gasteiger partial charge in [0.05, 0.1) is 0 Å². The summed E-state index contributed by atoms with van der Waals surface area (Å²) in [6.45, 7) is 1.87. The fourth-order valence-corrected chi connectivity index (χ4v) is 2.21. The average molecular weight is 234 g/mol. The zero-order valence-electron chi connectivity index (χ0n) is 10.2. The Morgan fingerprint density at radius 1 is 1.59 bits per heavy atom. The molecule has 0 radical (unpaired) electrons. The molecule has 0 saturated heterocycles. The van der Waals surface area contributed by atoms with Crippen molar-refractivity contribution in [2.75, 3.05) is 7.05 Å². The molecular formula is C13H18N2O2. The summed E-state index contributed by atoms with van der Waals surface area (Å²) >= 11 is 0. The van der Waals surface area contributed by atoms with E-state index in [1.807, 2.05) is 19.1 Å². The van der Waals surface area contributed by atoms with E-state index in [9.17, 15) is 4.79 Å². The number of hydrogen-bond acceptors (Lipinski definition) is 3. The molecule has 1 aliphatic rings. The number of fused-ring (bicyclic) bond motifs is 1. The van der Waals surface area contributed by atoms with Crippen LogP contribution in [0.3, 0.4) is 0 Å². The summed E-state index contributed by atoms with van der Waals surface area (Å²) < 4.78 is 5.19. The smallest absolute Gasteiger partial charge is 0.407 e. The van der Waals surface area contributed by atoms with Crippen molar-refractivity contribution < 1.29 is 9.53 Å². The molecule has 2 atom stereocenters. The van der Waals surface area contributed by atoms with Crippen LogP contribution >= 0.6 is 0 Å². The van der Waals surface area contributed by atoms with Gasteiger partial charge in [-0.1, -0.05) is 18.2 Å². The van der Waals surface area contributed by atoms with Crippen molar-refractivity contribution in [3.8, 4) is 0 Å². The van der Waals surface area contributed by atoms with Crippen LogP contribution in [0.5, 0.6) is 0 Å². The highest BCUT2D eigenvalue weighted by Crippen LogP contribution is 2.31. The number of nitrogens with one attached hydrogen (secondary N) is 1. The van der Waals surface area contributed by atoms with Crippen LogP contribution in [-0.2, 0) is 11.2 Å². The Balaban J connectivity index is 2.15. The first-order valence-corrected chi connectivity index (χ1v) is 5.88. The average Bonchev–Trinajstić information content (AvgIpc) is 2.70. The van der Waals surface area contributed by atoms with E-state index in [-0.39, 0.29) is 12.1 Å². The molecule has 1 aromatic carbocycles. The summed E-state index contributed by atoms with van der Waals surface area (Å²) in [5.41, 5.74) is 9.50. The van der Waals surface area contributed by atoms with Crippen LogP contribution in [0.15, 0.2) is 18.2 Å². The lowest BCUT2D eigenvalue weighted by atomic mass is 10.0. The van der Waals surface area contributed by atoms with E-state index in [2.05, 4.69) is 11.4 Å². The lowest BCUT2D eigenvalue weighted by Gasteiger charge is -2.14. The monoisotopic (exact) mass is 234 g/mol. The van der Waals surface area contributed by atoms with Crippen molar-refractivity contribution in [1.29, 1.82) is 0 Å². The zero-order chi connectivity index (χ0) is 12.4. The van der Waals surface area contributed by atoms with Gasteiger partial charge in [-0.15, -0.1) is 0 Å². The highest BCUT2D eigenvalue weighted by molar-refractivity contribution is 5.67. The first kappa shape index (κ1) is 11.9. The number of hydrogen-bond donors (Lipinski definition) is 2. The number of carbonyl (C=O) groups is 1. The van der Waals surface area contributed by atoms with Crippen LogP contribution in [0.4, 0.5) is 4.79 Å². The summed E-state index contributed by atoms with van der Waals surface area (Å²) in [6, 6.07) is 6.29. The van der Waals surface area contributed by atoms with Gasteiger partial charge in [-0.3, -0.25) is 0 Å². The minimum absolute atomic E-state index is 0.161. The van der Waals surface area contributed by atoms with Gasteiger partial charge in [-0.2, -0.15) is 0 Å². The van der Waals surface area contributed by atoms with Crippen molar-refractivity contribution in [3.63, 3.8) is 0 Å². The summed E-state index contributed by atoms with van der Waals surface area (Å²) in [5.74, 6) is 0. The molecule has 0 spiro atoms. The molecule has 0 heterocycles. The minimum atomic E-state index is -0.408. The Morgan fingerprint density at radius 2 is 2.35 bits per heavy atom. The fraction of sp³-hybridized carbons (Fsp3) is 0.462. The number of rotatable bonds is 2. The molecule has 4 heteroatoms. The second kappa shape index (κ2) is 4.75. The summed E-state index contributed by atoms with van der Waals surface area (Å²) in [4.78, 5) is 11.1. The second-order valence-corrected chi connectivity index (χ2v) is 4.40. The molecule has 1 aromatic rings. The highest BCUT2D eigenvalue weighted by Gasteiger charge is 2.20. The molecule has 0 bridgehead atoms. The molecule has 4 nitrogen and oxygen atoms in total. The molecule has 92 valence electrons. The number of nitrogens with two attached hydrogens (primary N) is 1. The van der Waals surface area contributed by atoms with Crippen molar-refractivity contribution in [3.05, 3.63) is 34.9 Å². The third-order valence-corrected chi connectivity index (χ3v) is 3.25. The zero-order valence-corrected chi connectivity index (χ0v) is 10.2. The first-order valence-electron chi connectivity index (χ1n) is 5.88. The molecule has 1 aliphatic carbocycles. The van der Waals surface area contributed by atoms with Gasteiger partial charge < -0.3 is 15.8 Å². The number of carbonyl (C=O) groups excluding carboxylic acids is 1. The van der Waals surface area contributed by atoms with Gasteiger partial charge in [0.15, 0.2) is 0 Å². The predicted octanol–water partition coefficient (Wildman–Crippen LogP) is 2.05. The molecule has 2 unspecified atom stereocenters. The first-order chi connectivity index (χ1) is 8.11. The molecule has 3 N–H and O–H groups in total. The number of benzene rings is 1. The fourth-order valence-electron chi connectivity index (χ4n) is 2.21. The Labute approximate surface area is 101 Å². The SMILES string of the molecule is CNC(=O)OC(C)c1ccc2c(c1)CCC2N. The van der Waals surface area contributed by atoms with Crippen LogP contribution in [-0.4, -0.2) is 13.1 Å². The van der Waals surface area contributed by atoms with Crippen molar-refractivity contribution in [1.82, 2.24) is 5.32 Å². The minimum Gasteiger partial charge on any atom is -0.442 e. The Bertz CT molecular complexity index is 431. The standard InChI is InChI=1S/C13H18N2O2/c1-8(17-13(16)15-2)9-3-5-11-10(7-9)4-6-12(11)14/h3,5,7-8,12H,4,6,14H2,1-2H3,(H,15,16). The molecule has 1 amide bonds. The van der Waals surface area contributed by atoms with Gasteiger partial charge in [-0.05, 0) is 36.5 Å². The van der Waals surface area contributed by atoms with Gasteiger partial charge in [0.2, 0.25) is 0 Å². The number of amides is 1. The molecular weight excluding hydrogens is 216 g/mol. The number of alkyl carbamates (subject to hydrolysis) is 1. The Morgan fingerprint density at radius 3 is 3.06 bits per heavy atom. The largest absolute Gasteiger partial charge is 0.442 e. The van der Waals surface area contributed by atoms with Crippen LogP contribution in [0.2, 0.25) is 0 Å². The molecule has 0 aromatic heterocycles. The lowest BCUT2D eigenvalue weighted by molar-refractivity contribution is 0.109. The third-order valence-electron chi connectivity index (χ3n) is 3.25. The van der Waals surface area contributed by atoms with Gasteiger partial charge >= 0.3 is 6.09 Å². The summed E-state index contributed by atoms with van der Waals surface area (Å²) in [7, 11) is 1.55. The predicted molar refractivity (Wildman–Crippen MR) is 65.6 cm³/mol. The van der Waals surface area contributed by atoms with Crippen LogP contribution in [0, 0.1) is 0 Å². The van der Waals surface area contributed by atoms with Crippen LogP contribution < -0.4 is 11.1 Å². The van der Waals surface area contributed by atoms with E-state index in [0.717, 1.165) is 18.4 Å². The normalized spacial score (nSPS) is 19.6. The Hall–Kier alpha value is -1.55. The highest BCUT2D eigenvalue weighted by atomic mass is 16.6. The molecule has 0 saturated carbocycles. The molecule has 17 heavy (non-hydrogen) atoms. The maximum atomic E-state index is 11.1. The summed E-state index contributed by atoms with van der Waals surface area (Å²) in [6.07, 6.45) is 1.37. The van der Waals surface area contributed by atoms with Crippen LogP contribution in [0.1, 0.15) is 42.2 Å². The molecule has 0 fully saturated rings. The third kappa shape index (κ3) is 2.42. The van der Waals surface area contributed by atoms with Crippen molar-refractivity contribution in [2.45, 2.75) is 31.9 Å². The number of ether oxygens (including phenoxy) is 1. The van der Waals surface area contributed by atoms with E-state index < -0.39 is 6.09 Å². The maximum absolute atomic E-state index is 11.1. The number of aryl methyl sites for hydroxylation is 1. The van der Waals surface area contributed by atoms with Gasteiger partial charge in [0.25, 0.3) is 0 Å². The summed E-state index contributed by atoms with van der Waals surface area (Å²) in [5, 5.41) is 2.44. The van der Waals surface area contributed by atoms with E-state index >= 15 is 0 Å². The maximum Gasteiger partial charge on any atom is 0.407 e. The van der Waals surface area contributed by atoms with E-state index in [1.165, 1.54) is 11.1 Å². The van der Waals surface area contributed by atoms with Gasteiger partial charge in [0, 0.05) is 13.1 Å². The molecule has 0 aliphatic heterocycles. The quantitative estimate of drug-likeness (QED) is 0.823. The topological polar surface area (TPSA) is 64.3 Å². The van der Waals surface area contributed by atoms with Gasteiger partial charge in [-0.25, -0.2) is 4.79 Å². The second-order valence-electron chi connectivity index (χ2n) is 4.40. The van der Waals surface area contributed by atoms with Crippen molar-refractivity contribution in [2.24, 2.45) is 5.73 Å². The van der Waals surface area contributed by atoms with E-state index in [0.29, 0.717) is 0 Å². The Kier molecular flexibility index (Phi) is 3.33. The lowest BCUT2D eigenvalue weighted by Crippen LogP contribution is -2.20. The van der Waals surface area contributed by atoms with Crippen LogP contribution in [0.25, 0.3) is 0 Å². The van der Waals surface area contributed by atoms with E-state index in [4.69, 9.17) is 10.5 Å². The van der Waals surface area contributed by atoms with E-state index in [1.54, 1.807) is 7.05 Å².